The smallest absolute Gasteiger partial charge is 0.339 e. The van der Waals surface area contributed by atoms with Crippen molar-refractivity contribution in [2.24, 2.45) is 0 Å². The van der Waals surface area contributed by atoms with Gasteiger partial charge in [0.15, 0.2) is 0 Å². The molecule has 0 fully saturated rings. The van der Waals surface area contributed by atoms with Gasteiger partial charge in [-0.15, -0.1) is 0 Å². The Bertz CT molecular complexity index is 444. The first-order valence-corrected chi connectivity index (χ1v) is 5.32. The van der Waals surface area contributed by atoms with E-state index in [2.05, 4.69) is 0 Å². The van der Waals surface area contributed by atoms with Gasteiger partial charge in [0.2, 0.25) is 0 Å². The van der Waals surface area contributed by atoms with E-state index in [0.29, 0.717) is 11.1 Å². The summed E-state index contributed by atoms with van der Waals surface area (Å²) in [6.45, 7) is 4.00. The standard InChI is InChI=1S/C13H15NO2/c1-4-9-6-7-10(8-14)12(11(9)5-2)13(15)16-3/h6-7H,4-5H2,1-3H3. The molecular weight excluding hydrogens is 202 g/mol. The SMILES string of the molecule is CCc1ccc(C#N)c(C(=O)OC)c1CC. The summed E-state index contributed by atoms with van der Waals surface area (Å²) in [4.78, 5) is 11.7. The van der Waals surface area contributed by atoms with Gasteiger partial charge in [-0.3, -0.25) is 0 Å². The second-order valence-electron chi connectivity index (χ2n) is 3.44. The van der Waals surface area contributed by atoms with Crippen LogP contribution in [0.2, 0.25) is 0 Å². The summed E-state index contributed by atoms with van der Waals surface area (Å²) in [6.07, 6.45) is 1.57. The molecule has 3 heteroatoms. The van der Waals surface area contributed by atoms with Crippen molar-refractivity contribution in [2.75, 3.05) is 7.11 Å². The maximum absolute atomic E-state index is 11.7. The molecule has 16 heavy (non-hydrogen) atoms. The van der Waals surface area contributed by atoms with E-state index in [1.54, 1.807) is 6.07 Å². The Morgan fingerprint density at radius 1 is 1.38 bits per heavy atom. The number of nitriles is 1. The maximum atomic E-state index is 11.7. The predicted molar refractivity (Wildman–Crippen MR) is 61.3 cm³/mol. The van der Waals surface area contributed by atoms with E-state index < -0.39 is 5.97 Å². The molecule has 0 aliphatic carbocycles. The number of carbonyl (C=O) groups excluding carboxylic acids is 1. The second-order valence-corrected chi connectivity index (χ2v) is 3.44. The van der Waals surface area contributed by atoms with Crippen LogP contribution >= 0.6 is 0 Å². The summed E-state index contributed by atoms with van der Waals surface area (Å²) >= 11 is 0. The van der Waals surface area contributed by atoms with Crippen LogP contribution < -0.4 is 0 Å². The van der Waals surface area contributed by atoms with E-state index in [-0.39, 0.29) is 0 Å². The molecule has 3 nitrogen and oxygen atoms in total. The molecule has 0 bridgehead atoms. The van der Waals surface area contributed by atoms with Gasteiger partial charge in [-0.05, 0) is 30.0 Å². The third-order valence-electron chi connectivity index (χ3n) is 2.65. The van der Waals surface area contributed by atoms with Crippen molar-refractivity contribution in [1.29, 1.82) is 5.26 Å². The lowest BCUT2D eigenvalue weighted by atomic mass is 9.93. The molecule has 0 radical (unpaired) electrons. The Hall–Kier alpha value is -1.82. The molecule has 0 aliphatic rings. The van der Waals surface area contributed by atoms with Crippen molar-refractivity contribution in [3.63, 3.8) is 0 Å². The number of benzene rings is 1. The Kier molecular flexibility index (Phi) is 4.07. The Labute approximate surface area is 95.7 Å². The highest BCUT2D eigenvalue weighted by atomic mass is 16.5. The fourth-order valence-corrected chi connectivity index (χ4v) is 1.85. The van der Waals surface area contributed by atoms with E-state index in [9.17, 15) is 4.79 Å². The molecule has 1 aromatic rings. The number of rotatable bonds is 3. The summed E-state index contributed by atoms with van der Waals surface area (Å²) < 4.78 is 4.73. The first-order valence-electron chi connectivity index (χ1n) is 5.32. The van der Waals surface area contributed by atoms with E-state index in [0.717, 1.165) is 24.0 Å². The van der Waals surface area contributed by atoms with Crippen molar-refractivity contribution in [3.8, 4) is 6.07 Å². The van der Waals surface area contributed by atoms with Crippen LogP contribution in [0.1, 0.15) is 40.9 Å². The molecule has 0 spiro atoms. The summed E-state index contributed by atoms with van der Waals surface area (Å²) in [5.74, 6) is -0.427. The van der Waals surface area contributed by atoms with Gasteiger partial charge < -0.3 is 4.74 Å². The average molecular weight is 217 g/mol. The molecule has 0 unspecified atom stereocenters. The van der Waals surface area contributed by atoms with Crippen LogP contribution in [0.3, 0.4) is 0 Å². The van der Waals surface area contributed by atoms with Gasteiger partial charge >= 0.3 is 5.97 Å². The zero-order valence-electron chi connectivity index (χ0n) is 9.83. The lowest BCUT2D eigenvalue weighted by Crippen LogP contribution is -2.10. The zero-order valence-corrected chi connectivity index (χ0v) is 9.83. The molecule has 0 heterocycles. The normalized spacial score (nSPS) is 9.62. The molecule has 0 aromatic heterocycles. The molecule has 0 N–H and O–H groups in total. The molecule has 0 saturated carbocycles. The number of aryl methyl sites for hydroxylation is 1. The van der Waals surface area contributed by atoms with Gasteiger partial charge in [-0.2, -0.15) is 5.26 Å². The van der Waals surface area contributed by atoms with Crippen LogP contribution in [0.15, 0.2) is 12.1 Å². The van der Waals surface area contributed by atoms with Crippen LogP contribution in [0.25, 0.3) is 0 Å². The fraction of sp³-hybridized carbons (Fsp3) is 0.385. The largest absolute Gasteiger partial charge is 0.465 e. The molecule has 84 valence electrons. The van der Waals surface area contributed by atoms with Gasteiger partial charge in [-0.25, -0.2) is 4.79 Å². The quantitative estimate of drug-likeness (QED) is 0.731. The molecule has 0 saturated heterocycles. The topological polar surface area (TPSA) is 50.1 Å². The highest BCUT2D eigenvalue weighted by molar-refractivity contribution is 5.94. The predicted octanol–water partition coefficient (Wildman–Crippen LogP) is 2.47. The maximum Gasteiger partial charge on any atom is 0.339 e. The number of hydrogen-bond donors (Lipinski definition) is 0. The number of esters is 1. The van der Waals surface area contributed by atoms with E-state index in [4.69, 9.17) is 10.00 Å². The number of methoxy groups -OCH3 is 1. The number of carbonyl (C=O) groups is 1. The van der Waals surface area contributed by atoms with Gasteiger partial charge in [0.1, 0.15) is 6.07 Å². The lowest BCUT2D eigenvalue weighted by molar-refractivity contribution is 0.0599. The van der Waals surface area contributed by atoms with Gasteiger partial charge in [0.05, 0.1) is 18.2 Å². The Morgan fingerprint density at radius 2 is 2.06 bits per heavy atom. The minimum absolute atomic E-state index is 0.390. The lowest BCUT2D eigenvalue weighted by Gasteiger charge is -2.12. The summed E-state index contributed by atoms with van der Waals surface area (Å²) in [6, 6.07) is 5.63. The Balaban J connectivity index is 3.50. The van der Waals surface area contributed by atoms with Crippen molar-refractivity contribution in [1.82, 2.24) is 0 Å². The van der Waals surface area contributed by atoms with Gasteiger partial charge in [0, 0.05) is 0 Å². The van der Waals surface area contributed by atoms with Crippen LogP contribution in [0, 0.1) is 11.3 Å². The van der Waals surface area contributed by atoms with Gasteiger partial charge in [0.25, 0.3) is 0 Å². The highest BCUT2D eigenvalue weighted by Gasteiger charge is 2.18. The molecular formula is C13H15NO2. The first-order chi connectivity index (χ1) is 7.69. The van der Waals surface area contributed by atoms with Crippen molar-refractivity contribution >= 4 is 5.97 Å². The molecule has 0 atom stereocenters. The van der Waals surface area contributed by atoms with Crippen LogP contribution in [0.5, 0.6) is 0 Å². The van der Waals surface area contributed by atoms with Crippen LogP contribution in [0.4, 0.5) is 0 Å². The minimum Gasteiger partial charge on any atom is -0.465 e. The monoisotopic (exact) mass is 217 g/mol. The third kappa shape index (κ3) is 2.06. The molecule has 0 amide bonds. The summed E-state index contributed by atoms with van der Waals surface area (Å²) in [5.41, 5.74) is 2.84. The van der Waals surface area contributed by atoms with E-state index >= 15 is 0 Å². The zero-order chi connectivity index (χ0) is 12.1. The summed E-state index contributed by atoms with van der Waals surface area (Å²) in [5, 5.41) is 8.99. The van der Waals surface area contributed by atoms with Crippen molar-refractivity contribution in [3.05, 3.63) is 34.4 Å². The summed E-state index contributed by atoms with van der Waals surface area (Å²) in [7, 11) is 1.33. The van der Waals surface area contributed by atoms with Crippen molar-refractivity contribution < 1.29 is 9.53 Å². The van der Waals surface area contributed by atoms with E-state index in [1.165, 1.54) is 7.11 Å². The molecule has 1 rings (SSSR count). The highest BCUT2D eigenvalue weighted by Crippen LogP contribution is 2.21. The van der Waals surface area contributed by atoms with E-state index in [1.807, 2.05) is 26.0 Å². The second kappa shape index (κ2) is 5.32. The third-order valence-corrected chi connectivity index (χ3v) is 2.65. The number of nitrogens with zero attached hydrogens (tertiary/aromatic N) is 1. The fourth-order valence-electron chi connectivity index (χ4n) is 1.85. The van der Waals surface area contributed by atoms with Gasteiger partial charge in [-0.1, -0.05) is 19.9 Å². The average Bonchev–Trinajstić information content (AvgIpc) is 2.35. The first kappa shape index (κ1) is 12.3. The Morgan fingerprint density at radius 3 is 2.50 bits per heavy atom. The number of hydrogen-bond acceptors (Lipinski definition) is 3. The van der Waals surface area contributed by atoms with Crippen LogP contribution in [-0.4, -0.2) is 13.1 Å². The molecule has 1 aromatic carbocycles. The number of ether oxygens (including phenoxy) is 1. The van der Waals surface area contributed by atoms with Crippen LogP contribution in [-0.2, 0) is 17.6 Å². The minimum atomic E-state index is -0.427. The molecule has 0 aliphatic heterocycles. The van der Waals surface area contributed by atoms with Crippen molar-refractivity contribution in [2.45, 2.75) is 26.7 Å².